The summed E-state index contributed by atoms with van der Waals surface area (Å²) in [7, 11) is 0. The summed E-state index contributed by atoms with van der Waals surface area (Å²) in [6, 6.07) is 3.41. The molecule has 0 saturated carbocycles. The van der Waals surface area contributed by atoms with Crippen LogP contribution in [0.1, 0.15) is 36.7 Å². The van der Waals surface area contributed by atoms with Crippen LogP contribution in [0.5, 0.6) is 0 Å². The topological polar surface area (TPSA) is 62.5 Å². The first-order valence-electron chi connectivity index (χ1n) is 6.74. The van der Waals surface area contributed by atoms with Gasteiger partial charge in [0.1, 0.15) is 12.2 Å². The zero-order valence-corrected chi connectivity index (χ0v) is 11.2. The molecule has 1 aromatic heterocycles. The van der Waals surface area contributed by atoms with Gasteiger partial charge in [-0.3, -0.25) is 9.59 Å². The molecule has 1 saturated heterocycles. The van der Waals surface area contributed by atoms with Crippen molar-refractivity contribution in [2.24, 2.45) is 5.92 Å². The third-order valence-electron chi connectivity index (χ3n) is 3.66. The van der Waals surface area contributed by atoms with Crippen LogP contribution in [0, 0.1) is 5.92 Å². The van der Waals surface area contributed by atoms with Crippen LogP contribution in [-0.4, -0.2) is 39.5 Å². The van der Waals surface area contributed by atoms with E-state index in [-0.39, 0.29) is 12.5 Å². The van der Waals surface area contributed by atoms with Gasteiger partial charge in [-0.1, -0.05) is 6.92 Å². The molecule has 5 heteroatoms. The van der Waals surface area contributed by atoms with Crippen LogP contribution in [-0.2, 0) is 11.3 Å². The van der Waals surface area contributed by atoms with E-state index in [0.29, 0.717) is 11.6 Å². The highest BCUT2D eigenvalue weighted by atomic mass is 16.4. The highest BCUT2D eigenvalue weighted by Gasteiger charge is 2.22. The van der Waals surface area contributed by atoms with Crippen molar-refractivity contribution in [2.75, 3.05) is 13.1 Å². The number of rotatable bonds is 3. The first-order valence-corrected chi connectivity index (χ1v) is 6.74. The lowest BCUT2D eigenvalue weighted by atomic mass is 10.0. The van der Waals surface area contributed by atoms with E-state index in [2.05, 4.69) is 6.92 Å². The number of carbonyl (C=O) groups excluding carboxylic acids is 1. The van der Waals surface area contributed by atoms with Crippen molar-refractivity contribution >= 4 is 11.9 Å². The Morgan fingerprint density at radius 1 is 1.37 bits per heavy atom. The average Bonchev–Trinajstić information content (AvgIpc) is 2.68. The minimum Gasteiger partial charge on any atom is -0.480 e. The van der Waals surface area contributed by atoms with Gasteiger partial charge in [0.15, 0.2) is 0 Å². The third kappa shape index (κ3) is 3.36. The maximum atomic E-state index is 12.4. The molecule has 2 heterocycles. The Morgan fingerprint density at radius 2 is 2.16 bits per heavy atom. The standard InChI is InChI=1S/C14H20N2O3/c1-11-4-2-7-15(9-6-11)14(19)12-5-3-8-16(12)10-13(17)18/h3,5,8,11H,2,4,6-7,9-10H2,1H3,(H,17,18). The molecule has 0 aliphatic carbocycles. The maximum Gasteiger partial charge on any atom is 0.323 e. The lowest BCUT2D eigenvalue weighted by Gasteiger charge is -2.21. The van der Waals surface area contributed by atoms with E-state index < -0.39 is 5.97 Å². The van der Waals surface area contributed by atoms with Crippen LogP contribution in [0.2, 0.25) is 0 Å². The Balaban J connectivity index is 2.10. The van der Waals surface area contributed by atoms with E-state index in [1.165, 1.54) is 4.57 Å². The zero-order valence-electron chi connectivity index (χ0n) is 11.2. The van der Waals surface area contributed by atoms with Crippen molar-refractivity contribution in [3.05, 3.63) is 24.0 Å². The van der Waals surface area contributed by atoms with Crippen molar-refractivity contribution < 1.29 is 14.7 Å². The number of likely N-dealkylation sites (tertiary alicyclic amines) is 1. The molecule has 1 atom stereocenters. The monoisotopic (exact) mass is 264 g/mol. The molecular formula is C14H20N2O3. The Bertz CT molecular complexity index is 467. The van der Waals surface area contributed by atoms with Crippen LogP contribution in [0.15, 0.2) is 18.3 Å². The Morgan fingerprint density at radius 3 is 2.89 bits per heavy atom. The molecule has 1 amide bonds. The summed E-state index contributed by atoms with van der Waals surface area (Å²) in [5.41, 5.74) is 0.469. The molecule has 0 bridgehead atoms. The number of hydrogen-bond donors (Lipinski definition) is 1. The van der Waals surface area contributed by atoms with Crippen LogP contribution < -0.4 is 0 Å². The lowest BCUT2D eigenvalue weighted by molar-refractivity contribution is -0.137. The van der Waals surface area contributed by atoms with Crippen molar-refractivity contribution in [3.63, 3.8) is 0 Å². The predicted molar refractivity (Wildman–Crippen MR) is 71.0 cm³/mol. The van der Waals surface area contributed by atoms with Gasteiger partial charge in [-0.25, -0.2) is 0 Å². The summed E-state index contributed by atoms with van der Waals surface area (Å²) < 4.78 is 1.50. The largest absolute Gasteiger partial charge is 0.480 e. The third-order valence-corrected chi connectivity index (χ3v) is 3.66. The van der Waals surface area contributed by atoms with Crippen molar-refractivity contribution in [1.82, 2.24) is 9.47 Å². The van der Waals surface area contributed by atoms with Crippen LogP contribution >= 0.6 is 0 Å². The van der Waals surface area contributed by atoms with Gasteiger partial charge >= 0.3 is 5.97 Å². The quantitative estimate of drug-likeness (QED) is 0.906. The molecule has 0 spiro atoms. The van der Waals surface area contributed by atoms with E-state index in [1.807, 2.05) is 4.90 Å². The van der Waals surface area contributed by atoms with Gasteiger partial charge < -0.3 is 14.6 Å². The van der Waals surface area contributed by atoms with Crippen molar-refractivity contribution in [2.45, 2.75) is 32.7 Å². The van der Waals surface area contributed by atoms with Gasteiger partial charge in [0.05, 0.1) is 0 Å². The van der Waals surface area contributed by atoms with Crippen LogP contribution in [0.3, 0.4) is 0 Å². The fraction of sp³-hybridized carbons (Fsp3) is 0.571. The van der Waals surface area contributed by atoms with E-state index in [4.69, 9.17) is 5.11 Å². The maximum absolute atomic E-state index is 12.4. The SMILES string of the molecule is CC1CCCN(C(=O)c2cccn2CC(=O)O)CC1. The van der Waals surface area contributed by atoms with Gasteiger partial charge in [-0.15, -0.1) is 0 Å². The zero-order chi connectivity index (χ0) is 13.8. The number of amides is 1. The summed E-state index contributed by atoms with van der Waals surface area (Å²) in [5, 5.41) is 8.84. The van der Waals surface area contributed by atoms with Gasteiger partial charge in [-0.05, 0) is 37.3 Å². The Kier molecular flexibility index (Phi) is 4.24. The minimum absolute atomic E-state index is 0.0552. The lowest BCUT2D eigenvalue weighted by Crippen LogP contribution is -2.33. The number of aliphatic carboxylic acids is 1. The molecule has 1 aromatic rings. The highest BCUT2D eigenvalue weighted by Crippen LogP contribution is 2.18. The molecule has 1 N–H and O–H groups in total. The van der Waals surface area contributed by atoms with Crippen LogP contribution in [0.25, 0.3) is 0 Å². The van der Waals surface area contributed by atoms with E-state index in [9.17, 15) is 9.59 Å². The molecule has 19 heavy (non-hydrogen) atoms. The number of hydrogen-bond acceptors (Lipinski definition) is 2. The summed E-state index contributed by atoms with van der Waals surface area (Å²) >= 11 is 0. The molecule has 1 unspecified atom stereocenters. The molecule has 104 valence electrons. The summed E-state index contributed by atoms with van der Waals surface area (Å²) in [6.07, 6.45) is 4.83. The second kappa shape index (κ2) is 5.91. The Hall–Kier alpha value is -1.78. The highest BCUT2D eigenvalue weighted by molar-refractivity contribution is 5.93. The summed E-state index contributed by atoms with van der Waals surface area (Å²) in [5.74, 6) is -0.335. The van der Waals surface area contributed by atoms with Gasteiger partial charge in [-0.2, -0.15) is 0 Å². The van der Waals surface area contributed by atoms with Crippen molar-refractivity contribution in [3.8, 4) is 0 Å². The number of carboxylic acid groups (broad SMARTS) is 1. The number of aromatic nitrogens is 1. The first kappa shape index (κ1) is 13.6. The molecule has 5 nitrogen and oxygen atoms in total. The fourth-order valence-electron chi connectivity index (χ4n) is 2.52. The normalized spacial score (nSPS) is 20.1. The number of nitrogens with zero attached hydrogens (tertiary/aromatic N) is 2. The predicted octanol–water partition coefficient (Wildman–Crippen LogP) is 1.83. The van der Waals surface area contributed by atoms with Gasteiger partial charge in [0.2, 0.25) is 0 Å². The molecule has 1 fully saturated rings. The summed E-state index contributed by atoms with van der Waals surface area (Å²) in [4.78, 5) is 25.0. The second-order valence-electron chi connectivity index (χ2n) is 5.24. The minimum atomic E-state index is -0.935. The van der Waals surface area contributed by atoms with Gasteiger partial charge in [0, 0.05) is 19.3 Å². The average molecular weight is 264 g/mol. The van der Waals surface area contributed by atoms with Gasteiger partial charge in [0.25, 0.3) is 5.91 Å². The molecule has 0 aromatic carbocycles. The molecule has 2 rings (SSSR count). The van der Waals surface area contributed by atoms with E-state index in [1.54, 1.807) is 18.3 Å². The van der Waals surface area contributed by atoms with Crippen LogP contribution in [0.4, 0.5) is 0 Å². The second-order valence-corrected chi connectivity index (χ2v) is 5.24. The molecule has 1 aliphatic rings. The smallest absolute Gasteiger partial charge is 0.323 e. The fourth-order valence-corrected chi connectivity index (χ4v) is 2.52. The number of carboxylic acids is 1. The number of carbonyl (C=O) groups is 2. The Labute approximate surface area is 112 Å². The molecule has 0 radical (unpaired) electrons. The van der Waals surface area contributed by atoms with E-state index >= 15 is 0 Å². The first-order chi connectivity index (χ1) is 9.08. The van der Waals surface area contributed by atoms with E-state index in [0.717, 1.165) is 32.4 Å². The van der Waals surface area contributed by atoms with Crippen molar-refractivity contribution in [1.29, 1.82) is 0 Å². The summed E-state index contributed by atoms with van der Waals surface area (Å²) in [6.45, 7) is 3.57. The molecular weight excluding hydrogens is 244 g/mol. The molecule has 1 aliphatic heterocycles.